The van der Waals surface area contributed by atoms with Gasteiger partial charge in [0.2, 0.25) is 5.89 Å². The molecule has 170 valence electrons. The molecule has 0 saturated heterocycles. The number of allylic oxidation sites excluding steroid dienone is 2. The monoisotopic (exact) mass is 445 g/mol. The molecule has 0 N–H and O–H groups in total. The van der Waals surface area contributed by atoms with Gasteiger partial charge in [-0.1, -0.05) is 36.4 Å². The van der Waals surface area contributed by atoms with Crippen molar-refractivity contribution in [2.45, 2.75) is 38.9 Å². The van der Waals surface area contributed by atoms with Crippen LogP contribution >= 0.6 is 0 Å². The lowest BCUT2D eigenvalue weighted by Crippen LogP contribution is -2.24. The number of hydrogen-bond donors (Lipinski definition) is 0. The number of aryl methyl sites for hydroxylation is 1. The van der Waals surface area contributed by atoms with Crippen LogP contribution in [0.15, 0.2) is 59.2 Å². The van der Waals surface area contributed by atoms with Crippen LogP contribution in [-0.2, 0) is 4.74 Å². The number of rotatable bonds is 6. The Bertz CT molecular complexity index is 1200. The predicted molar refractivity (Wildman–Crippen MR) is 125 cm³/mol. The molecule has 8 nitrogen and oxygen atoms in total. The minimum atomic E-state index is -0.176. The van der Waals surface area contributed by atoms with E-state index in [2.05, 4.69) is 15.2 Å². The summed E-state index contributed by atoms with van der Waals surface area (Å²) in [4.78, 5) is 22.9. The van der Waals surface area contributed by atoms with Crippen LogP contribution in [0.3, 0.4) is 0 Å². The van der Waals surface area contributed by atoms with E-state index in [0.717, 1.165) is 5.56 Å². The van der Waals surface area contributed by atoms with Crippen molar-refractivity contribution in [2.75, 3.05) is 14.1 Å². The van der Waals surface area contributed by atoms with Gasteiger partial charge in [0, 0.05) is 25.2 Å². The average Bonchev–Trinajstić information content (AvgIpc) is 3.29. The van der Waals surface area contributed by atoms with Gasteiger partial charge in [0.25, 0.3) is 11.8 Å². The van der Waals surface area contributed by atoms with Crippen LogP contribution in [0.25, 0.3) is 22.8 Å². The Kier molecular flexibility index (Phi) is 6.46. The van der Waals surface area contributed by atoms with Gasteiger partial charge in [0.1, 0.15) is 5.69 Å². The van der Waals surface area contributed by atoms with E-state index in [4.69, 9.17) is 14.1 Å². The van der Waals surface area contributed by atoms with E-state index in [1.807, 2.05) is 57.2 Å². The molecule has 1 amide bonds. The number of carbonyl (C=O) groups is 1. The van der Waals surface area contributed by atoms with Crippen LogP contribution in [0.2, 0.25) is 0 Å². The second-order valence-corrected chi connectivity index (χ2v) is 8.36. The van der Waals surface area contributed by atoms with Crippen molar-refractivity contribution < 1.29 is 13.9 Å². The SMILES string of the molecule is Cc1ncc(-c2ccc(C(=O)N(C)C)cc2)nc1-c1nnc(C2C=CC=CC2OC(C)C)o1. The molecule has 0 aliphatic heterocycles. The average molecular weight is 446 g/mol. The van der Waals surface area contributed by atoms with Crippen molar-refractivity contribution in [2.24, 2.45) is 0 Å². The Hall–Kier alpha value is -3.65. The molecule has 0 radical (unpaired) electrons. The lowest BCUT2D eigenvalue weighted by Gasteiger charge is -2.23. The van der Waals surface area contributed by atoms with E-state index in [1.165, 1.54) is 0 Å². The molecule has 2 unspecified atom stereocenters. The summed E-state index contributed by atoms with van der Waals surface area (Å²) in [5.74, 6) is 0.552. The van der Waals surface area contributed by atoms with Crippen molar-refractivity contribution in [3.05, 3.63) is 71.9 Å². The Balaban J connectivity index is 1.62. The molecular formula is C25H27N5O3. The number of carbonyl (C=O) groups excluding carboxylic acids is 1. The van der Waals surface area contributed by atoms with E-state index in [1.54, 1.807) is 37.3 Å². The van der Waals surface area contributed by atoms with Gasteiger partial charge in [0.15, 0.2) is 0 Å². The first kappa shape index (κ1) is 22.5. The van der Waals surface area contributed by atoms with Crippen LogP contribution in [-0.4, -0.2) is 57.3 Å². The molecular weight excluding hydrogens is 418 g/mol. The van der Waals surface area contributed by atoms with Crippen molar-refractivity contribution in [3.8, 4) is 22.8 Å². The molecule has 1 aliphatic carbocycles. The normalized spacial score (nSPS) is 17.5. The van der Waals surface area contributed by atoms with Gasteiger partial charge in [-0.2, -0.15) is 0 Å². The Morgan fingerprint density at radius 1 is 1.09 bits per heavy atom. The lowest BCUT2D eigenvalue weighted by molar-refractivity contribution is 0.0234. The number of aromatic nitrogens is 4. The maximum absolute atomic E-state index is 12.1. The molecule has 3 aromatic rings. The highest BCUT2D eigenvalue weighted by molar-refractivity contribution is 5.94. The Morgan fingerprint density at radius 2 is 1.82 bits per heavy atom. The standard InChI is InChI=1S/C25H27N5O3/c1-15(2)32-21-9-7-6-8-19(21)23-28-29-24(33-23)22-16(3)26-14-20(27-22)17-10-12-18(13-11-17)25(31)30(4)5/h6-15,19,21H,1-5H3. The van der Waals surface area contributed by atoms with Gasteiger partial charge in [-0.05, 0) is 32.9 Å². The first-order chi connectivity index (χ1) is 15.8. The van der Waals surface area contributed by atoms with Crippen molar-refractivity contribution in [1.82, 2.24) is 25.1 Å². The summed E-state index contributed by atoms with van der Waals surface area (Å²) in [6.45, 7) is 5.84. The molecule has 0 spiro atoms. The zero-order valence-electron chi connectivity index (χ0n) is 19.4. The highest BCUT2D eigenvalue weighted by atomic mass is 16.5. The molecule has 2 heterocycles. The van der Waals surface area contributed by atoms with Gasteiger partial charge in [0.05, 0.1) is 35.7 Å². The smallest absolute Gasteiger partial charge is 0.268 e. The zero-order chi connectivity index (χ0) is 23.5. The first-order valence-electron chi connectivity index (χ1n) is 10.8. The molecule has 0 saturated carbocycles. The third-order valence-corrected chi connectivity index (χ3v) is 5.23. The molecule has 1 aliphatic rings. The van der Waals surface area contributed by atoms with Gasteiger partial charge < -0.3 is 14.1 Å². The second-order valence-electron chi connectivity index (χ2n) is 8.36. The zero-order valence-corrected chi connectivity index (χ0v) is 19.4. The summed E-state index contributed by atoms with van der Waals surface area (Å²) < 4.78 is 12.0. The summed E-state index contributed by atoms with van der Waals surface area (Å²) in [6.07, 6.45) is 9.48. The summed E-state index contributed by atoms with van der Waals surface area (Å²) in [7, 11) is 3.45. The summed E-state index contributed by atoms with van der Waals surface area (Å²) in [5.41, 5.74) is 3.31. The number of hydrogen-bond acceptors (Lipinski definition) is 7. The quantitative estimate of drug-likeness (QED) is 0.561. The third kappa shape index (κ3) is 4.90. The van der Waals surface area contributed by atoms with Crippen LogP contribution in [0.5, 0.6) is 0 Å². The fourth-order valence-electron chi connectivity index (χ4n) is 3.55. The topological polar surface area (TPSA) is 94.2 Å². The maximum Gasteiger partial charge on any atom is 0.268 e. The third-order valence-electron chi connectivity index (χ3n) is 5.23. The Labute approximate surface area is 193 Å². The van der Waals surface area contributed by atoms with E-state index in [-0.39, 0.29) is 24.0 Å². The molecule has 2 aromatic heterocycles. The summed E-state index contributed by atoms with van der Waals surface area (Å²) in [5, 5.41) is 8.52. The van der Waals surface area contributed by atoms with E-state index in [9.17, 15) is 4.79 Å². The van der Waals surface area contributed by atoms with Gasteiger partial charge in [-0.3, -0.25) is 9.78 Å². The fraction of sp³-hybridized carbons (Fsp3) is 0.320. The molecule has 1 aromatic carbocycles. The fourth-order valence-corrected chi connectivity index (χ4v) is 3.55. The van der Waals surface area contributed by atoms with Crippen molar-refractivity contribution >= 4 is 5.91 Å². The number of benzene rings is 1. The number of amides is 1. The van der Waals surface area contributed by atoms with Crippen LogP contribution in [0.4, 0.5) is 0 Å². The number of nitrogens with zero attached hydrogens (tertiary/aromatic N) is 5. The minimum absolute atomic E-state index is 0.0537. The van der Waals surface area contributed by atoms with Crippen LogP contribution in [0.1, 0.15) is 41.7 Å². The molecule has 33 heavy (non-hydrogen) atoms. The predicted octanol–water partition coefficient (Wildman–Crippen LogP) is 4.21. The van der Waals surface area contributed by atoms with Gasteiger partial charge in [-0.15, -0.1) is 10.2 Å². The van der Waals surface area contributed by atoms with Gasteiger partial charge in [-0.25, -0.2) is 4.98 Å². The second kappa shape index (κ2) is 9.46. The van der Waals surface area contributed by atoms with E-state index < -0.39 is 0 Å². The van der Waals surface area contributed by atoms with Crippen LogP contribution in [0, 0.1) is 6.92 Å². The largest absolute Gasteiger partial charge is 0.418 e. The lowest BCUT2D eigenvalue weighted by atomic mass is 9.97. The molecule has 2 atom stereocenters. The molecule has 8 heteroatoms. The first-order valence-corrected chi connectivity index (χ1v) is 10.8. The van der Waals surface area contributed by atoms with Crippen molar-refractivity contribution in [1.29, 1.82) is 0 Å². The minimum Gasteiger partial charge on any atom is -0.418 e. The highest BCUT2D eigenvalue weighted by Crippen LogP contribution is 2.30. The van der Waals surface area contributed by atoms with E-state index in [0.29, 0.717) is 34.4 Å². The van der Waals surface area contributed by atoms with Crippen LogP contribution < -0.4 is 0 Å². The Morgan fingerprint density at radius 3 is 2.52 bits per heavy atom. The van der Waals surface area contributed by atoms with E-state index >= 15 is 0 Å². The maximum atomic E-state index is 12.1. The molecule has 4 rings (SSSR count). The van der Waals surface area contributed by atoms with Crippen molar-refractivity contribution in [3.63, 3.8) is 0 Å². The molecule has 0 fully saturated rings. The summed E-state index contributed by atoms with van der Waals surface area (Å²) in [6, 6.07) is 7.27. The van der Waals surface area contributed by atoms with Gasteiger partial charge >= 0.3 is 0 Å². The molecule has 0 bridgehead atoms. The number of ether oxygens (including phenoxy) is 1. The highest BCUT2D eigenvalue weighted by Gasteiger charge is 2.28. The summed E-state index contributed by atoms with van der Waals surface area (Å²) >= 11 is 0.